The number of nitrogens with zero attached hydrogens (tertiary/aromatic N) is 2. The summed E-state index contributed by atoms with van der Waals surface area (Å²) in [5.74, 6) is -0.379. The summed E-state index contributed by atoms with van der Waals surface area (Å²) in [6, 6.07) is 7.77. The summed E-state index contributed by atoms with van der Waals surface area (Å²) in [6.45, 7) is 4.81. The summed E-state index contributed by atoms with van der Waals surface area (Å²) in [5.41, 5.74) is 1.74. The number of likely N-dealkylation sites (tertiary alicyclic amines) is 1. The van der Waals surface area contributed by atoms with Crippen molar-refractivity contribution >= 4 is 17.6 Å². The van der Waals surface area contributed by atoms with Crippen molar-refractivity contribution in [1.82, 2.24) is 9.88 Å². The first-order valence-corrected chi connectivity index (χ1v) is 8.50. The molecule has 0 radical (unpaired) electrons. The molecule has 3 rings (SSSR count). The van der Waals surface area contributed by atoms with Crippen LogP contribution in [0.4, 0.5) is 0 Å². The van der Waals surface area contributed by atoms with E-state index in [4.69, 9.17) is 16.0 Å². The van der Waals surface area contributed by atoms with Crippen LogP contribution in [0.2, 0.25) is 5.02 Å². The van der Waals surface area contributed by atoms with Crippen molar-refractivity contribution in [3.8, 4) is 11.5 Å². The average molecular weight is 349 g/mol. The van der Waals surface area contributed by atoms with Crippen molar-refractivity contribution in [2.24, 2.45) is 5.92 Å². The Kier molecular flexibility index (Phi) is 4.92. The summed E-state index contributed by atoms with van der Waals surface area (Å²) in [6.07, 6.45) is 3.01. The monoisotopic (exact) mass is 348 g/mol. The first-order valence-electron chi connectivity index (χ1n) is 8.13. The van der Waals surface area contributed by atoms with Gasteiger partial charge in [0, 0.05) is 29.2 Å². The van der Waals surface area contributed by atoms with Gasteiger partial charge in [0.15, 0.2) is 0 Å². The van der Waals surface area contributed by atoms with Gasteiger partial charge in [0.25, 0.3) is 0 Å². The molecule has 1 N–H and O–H groups in total. The van der Waals surface area contributed by atoms with E-state index in [2.05, 4.69) is 23.7 Å². The van der Waals surface area contributed by atoms with E-state index < -0.39 is 5.97 Å². The summed E-state index contributed by atoms with van der Waals surface area (Å²) < 4.78 is 5.59. The number of halogens is 1. The number of oxazole rings is 1. The molecule has 2 heterocycles. The smallest absolute Gasteiger partial charge is 0.306 e. The number of benzene rings is 1. The van der Waals surface area contributed by atoms with Gasteiger partial charge in [-0.2, -0.15) is 0 Å². The van der Waals surface area contributed by atoms with Gasteiger partial charge in [0.1, 0.15) is 6.26 Å². The van der Waals surface area contributed by atoms with E-state index in [1.807, 2.05) is 24.3 Å². The van der Waals surface area contributed by atoms with Gasteiger partial charge in [-0.25, -0.2) is 4.98 Å². The Balaban J connectivity index is 1.70. The normalized spacial score (nSPS) is 24.9. The summed E-state index contributed by atoms with van der Waals surface area (Å²) >= 11 is 5.90. The molecule has 0 saturated carbocycles. The van der Waals surface area contributed by atoms with Crippen LogP contribution in [0, 0.1) is 5.92 Å². The fraction of sp³-hybridized carbons (Fsp3) is 0.444. The molecule has 1 aliphatic rings. The van der Waals surface area contributed by atoms with Gasteiger partial charge in [-0.05, 0) is 51.0 Å². The van der Waals surface area contributed by atoms with Gasteiger partial charge in [0.2, 0.25) is 5.89 Å². The van der Waals surface area contributed by atoms with Crippen molar-refractivity contribution in [2.75, 3.05) is 0 Å². The van der Waals surface area contributed by atoms with E-state index >= 15 is 0 Å². The number of rotatable bonds is 4. The van der Waals surface area contributed by atoms with Crippen LogP contribution in [0.15, 0.2) is 34.9 Å². The lowest BCUT2D eigenvalue weighted by Crippen LogP contribution is -2.47. The highest BCUT2D eigenvalue weighted by atomic mass is 35.5. The van der Waals surface area contributed by atoms with Crippen molar-refractivity contribution < 1.29 is 14.3 Å². The molecule has 2 aromatic rings. The number of carbonyl (C=O) groups is 1. The van der Waals surface area contributed by atoms with Crippen molar-refractivity contribution in [1.29, 1.82) is 0 Å². The zero-order valence-corrected chi connectivity index (χ0v) is 14.5. The van der Waals surface area contributed by atoms with Gasteiger partial charge < -0.3 is 9.52 Å². The molecule has 128 valence electrons. The third-order valence-electron chi connectivity index (χ3n) is 4.72. The second-order valence-electron chi connectivity index (χ2n) is 6.53. The van der Waals surface area contributed by atoms with Gasteiger partial charge >= 0.3 is 5.97 Å². The predicted molar refractivity (Wildman–Crippen MR) is 91.8 cm³/mol. The molecule has 0 aliphatic carbocycles. The van der Waals surface area contributed by atoms with Gasteiger partial charge in [-0.1, -0.05) is 11.6 Å². The minimum atomic E-state index is -0.695. The molecule has 0 amide bonds. The molecule has 24 heavy (non-hydrogen) atoms. The summed E-state index contributed by atoms with van der Waals surface area (Å²) in [5, 5.41) is 9.92. The van der Waals surface area contributed by atoms with Crippen molar-refractivity contribution in [3.05, 3.63) is 41.2 Å². The Bertz CT molecular complexity index is 701. The number of aromatic nitrogens is 1. The zero-order valence-electron chi connectivity index (χ0n) is 13.8. The number of hydrogen-bond donors (Lipinski definition) is 1. The highest BCUT2D eigenvalue weighted by molar-refractivity contribution is 6.30. The van der Waals surface area contributed by atoms with Crippen LogP contribution in [0.3, 0.4) is 0 Å². The third-order valence-corrected chi connectivity index (χ3v) is 4.97. The Labute approximate surface area is 146 Å². The first kappa shape index (κ1) is 17.0. The molecule has 1 aromatic heterocycles. The highest BCUT2D eigenvalue weighted by Gasteiger charge is 2.34. The molecule has 2 atom stereocenters. The summed E-state index contributed by atoms with van der Waals surface area (Å²) in [4.78, 5) is 18.1. The average Bonchev–Trinajstić information content (AvgIpc) is 3.00. The lowest BCUT2D eigenvalue weighted by atomic mass is 9.87. The largest absolute Gasteiger partial charge is 0.481 e. The second-order valence-corrected chi connectivity index (χ2v) is 6.96. The number of aliphatic carboxylic acids is 1. The fourth-order valence-electron chi connectivity index (χ4n) is 3.43. The van der Waals surface area contributed by atoms with Crippen LogP contribution in [0.5, 0.6) is 0 Å². The van der Waals surface area contributed by atoms with Crippen LogP contribution < -0.4 is 0 Å². The van der Waals surface area contributed by atoms with Crippen molar-refractivity contribution in [2.45, 2.75) is 45.3 Å². The molecule has 5 nitrogen and oxygen atoms in total. The van der Waals surface area contributed by atoms with E-state index in [0.29, 0.717) is 30.3 Å². The number of carboxylic acid groups (broad SMARTS) is 1. The summed E-state index contributed by atoms with van der Waals surface area (Å²) in [7, 11) is 0. The number of hydrogen-bond acceptors (Lipinski definition) is 4. The fourth-order valence-corrected chi connectivity index (χ4v) is 3.56. The molecule has 6 heteroatoms. The minimum absolute atomic E-state index is 0.200. The molecule has 1 aliphatic heterocycles. The van der Waals surface area contributed by atoms with E-state index in [1.54, 1.807) is 6.26 Å². The second kappa shape index (κ2) is 6.95. The Morgan fingerprint density at radius 2 is 1.92 bits per heavy atom. The highest BCUT2D eigenvalue weighted by Crippen LogP contribution is 2.30. The molecule has 0 bridgehead atoms. The van der Waals surface area contributed by atoms with Crippen LogP contribution >= 0.6 is 11.6 Å². The Morgan fingerprint density at radius 3 is 2.50 bits per heavy atom. The molecule has 1 fully saturated rings. The van der Waals surface area contributed by atoms with Gasteiger partial charge in [-0.15, -0.1) is 0 Å². The zero-order chi connectivity index (χ0) is 17.3. The molecule has 1 aromatic carbocycles. The van der Waals surface area contributed by atoms with E-state index in [-0.39, 0.29) is 18.0 Å². The maximum Gasteiger partial charge on any atom is 0.306 e. The lowest BCUT2D eigenvalue weighted by molar-refractivity contribution is -0.145. The maximum atomic E-state index is 11.2. The Morgan fingerprint density at radius 1 is 1.29 bits per heavy atom. The first-order chi connectivity index (χ1) is 11.4. The van der Waals surface area contributed by atoms with Crippen LogP contribution in [-0.4, -0.2) is 33.0 Å². The Hall–Kier alpha value is -1.85. The lowest BCUT2D eigenvalue weighted by Gasteiger charge is -2.41. The topological polar surface area (TPSA) is 66.6 Å². The molecular weight excluding hydrogens is 328 g/mol. The molecule has 0 spiro atoms. The van der Waals surface area contributed by atoms with Gasteiger partial charge in [-0.3, -0.25) is 9.69 Å². The van der Waals surface area contributed by atoms with E-state index in [0.717, 1.165) is 11.3 Å². The maximum absolute atomic E-state index is 11.2. The predicted octanol–water partition coefficient (Wildman–Crippen LogP) is 4.07. The molecule has 2 unspecified atom stereocenters. The molecular formula is C18H21ClN2O3. The SMILES string of the molecule is CC1CC(C(=O)O)CC(C)N1Cc1coc(-c2ccc(Cl)cc2)n1. The van der Waals surface area contributed by atoms with Crippen LogP contribution in [0.1, 0.15) is 32.4 Å². The molecule has 1 saturated heterocycles. The van der Waals surface area contributed by atoms with E-state index in [9.17, 15) is 9.90 Å². The van der Waals surface area contributed by atoms with Crippen molar-refractivity contribution in [3.63, 3.8) is 0 Å². The van der Waals surface area contributed by atoms with Crippen LogP contribution in [-0.2, 0) is 11.3 Å². The standard InChI is InChI=1S/C18H21ClN2O3/c1-11-7-14(18(22)23)8-12(2)21(11)9-16-10-24-17(20-16)13-3-5-15(19)6-4-13/h3-6,10-12,14H,7-9H2,1-2H3,(H,22,23). The number of piperidine rings is 1. The van der Waals surface area contributed by atoms with E-state index in [1.165, 1.54) is 0 Å². The third kappa shape index (κ3) is 3.62. The quantitative estimate of drug-likeness (QED) is 0.902. The minimum Gasteiger partial charge on any atom is -0.481 e. The van der Waals surface area contributed by atoms with Crippen LogP contribution in [0.25, 0.3) is 11.5 Å². The van der Waals surface area contributed by atoms with Gasteiger partial charge in [0.05, 0.1) is 11.6 Å². The number of carboxylic acids is 1.